The fourth-order valence-corrected chi connectivity index (χ4v) is 1.94. The first-order valence-electron chi connectivity index (χ1n) is 5.73. The number of benzene rings is 1. The topological polar surface area (TPSA) is 75.1 Å². The summed E-state index contributed by atoms with van der Waals surface area (Å²) in [6.07, 6.45) is -5.65. The minimum absolute atomic E-state index is 0.250. The average molecular weight is 288 g/mol. The number of rotatable bonds is 2. The lowest BCUT2D eigenvalue weighted by Crippen LogP contribution is -2.38. The fraction of sp³-hybridized carbons (Fsp3) is 0.333. The van der Waals surface area contributed by atoms with E-state index in [2.05, 4.69) is 4.98 Å². The number of nitrogens with one attached hydrogen (secondary N) is 1. The van der Waals surface area contributed by atoms with E-state index in [-0.39, 0.29) is 11.9 Å². The minimum Gasteiger partial charge on any atom is -0.392 e. The summed E-state index contributed by atoms with van der Waals surface area (Å²) in [5, 5.41) is 8.97. The lowest BCUT2D eigenvalue weighted by molar-refractivity contribution is -0.136. The third kappa shape index (κ3) is 2.46. The number of halogens is 3. The van der Waals surface area contributed by atoms with Crippen molar-refractivity contribution in [1.82, 2.24) is 9.55 Å². The van der Waals surface area contributed by atoms with Gasteiger partial charge in [0.05, 0.1) is 29.1 Å². The Hall–Kier alpha value is -2.09. The first-order valence-corrected chi connectivity index (χ1v) is 5.73. The Morgan fingerprint density at radius 3 is 2.55 bits per heavy atom. The van der Waals surface area contributed by atoms with Gasteiger partial charge >= 0.3 is 11.9 Å². The quantitative estimate of drug-likeness (QED) is 0.868. The Morgan fingerprint density at radius 2 is 2.00 bits per heavy atom. The van der Waals surface area contributed by atoms with E-state index in [1.165, 1.54) is 13.0 Å². The molecule has 0 amide bonds. The van der Waals surface area contributed by atoms with Crippen LogP contribution < -0.4 is 11.2 Å². The van der Waals surface area contributed by atoms with E-state index in [1.54, 1.807) is 0 Å². The third-order valence-electron chi connectivity index (χ3n) is 2.77. The number of aromatic amines is 1. The van der Waals surface area contributed by atoms with Crippen molar-refractivity contribution < 1.29 is 18.3 Å². The first kappa shape index (κ1) is 14.3. The maximum Gasteiger partial charge on any atom is 0.418 e. The zero-order valence-corrected chi connectivity index (χ0v) is 10.4. The second kappa shape index (κ2) is 4.78. The molecular formula is C12H11F3N2O3. The summed E-state index contributed by atoms with van der Waals surface area (Å²) < 4.78 is 39.1. The van der Waals surface area contributed by atoms with Crippen molar-refractivity contribution in [2.24, 2.45) is 0 Å². The monoisotopic (exact) mass is 288 g/mol. The van der Waals surface area contributed by atoms with Crippen LogP contribution in [0.4, 0.5) is 13.2 Å². The van der Waals surface area contributed by atoms with E-state index < -0.39 is 34.6 Å². The Kier molecular flexibility index (Phi) is 3.43. The molecule has 20 heavy (non-hydrogen) atoms. The highest BCUT2D eigenvalue weighted by Crippen LogP contribution is 2.32. The first-order chi connectivity index (χ1) is 9.21. The van der Waals surface area contributed by atoms with Gasteiger partial charge in [-0.25, -0.2) is 4.79 Å². The summed E-state index contributed by atoms with van der Waals surface area (Å²) in [4.78, 5) is 25.8. The predicted octanol–water partition coefficient (Wildman–Crippen LogP) is 1.09. The highest BCUT2D eigenvalue weighted by molar-refractivity contribution is 5.81. The second-order valence-electron chi connectivity index (χ2n) is 4.42. The van der Waals surface area contributed by atoms with Gasteiger partial charge in [0.15, 0.2) is 0 Å². The Balaban J connectivity index is 2.84. The van der Waals surface area contributed by atoms with Crippen LogP contribution in [0.3, 0.4) is 0 Å². The van der Waals surface area contributed by atoms with Gasteiger partial charge in [-0.15, -0.1) is 0 Å². The van der Waals surface area contributed by atoms with Gasteiger partial charge in [-0.05, 0) is 19.1 Å². The molecule has 0 aliphatic carbocycles. The number of hydrogen-bond donors (Lipinski definition) is 2. The number of nitrogens with zero attached hydrogens (tertiary/aromatic N) is 1. The normalized spacial score (nSPS) is 13.7. The van der Waals surface area contributed by atoms with Crippen LogP contribution in [-0.4, -0.2) is 20.8 Å². The van der Waals surface area contributed by atoms with Crippen LogP contribution in [0.15, 0.2) is 27.8 Å². The number of hydrogen-bond acceptors (Lipinski definition) is 3. The number of aliphatic hydroxyl groups is 1. The van der Waals surface area contributed by atoms with Gasteiger partial charge in [-0.1, -0.05) is 6.07 Å². The molecule has 0 saturated heterocycles. The average Bonchev–Trinajstić information content (AvgIpc) is 2.32. The molecule has 0 spiro atoms. The molecule has 2 aromatic rings. The molecule has 108 valence electrons. The molecule has 0 aliphatic rings. The minimum atomic E-state index is -4.68. The molecule has 2 rings (SSSR count). The van der Waals surface area contributed by atoms with Crippen molar-refractivity contribution in [3.8, 4) is 0 Å². The summed E-state index contributed by atoms with van der Waals surface area (Å²) in [6.45, 7) is 1.07. The third-order valence-corrected chi connectivity index (χ3v) is 2.77. The smallest absolute Gasteiger partial charge is 0.392 e. The van der Waals surface area contributed by atoms with Crippen molar-refractivity contribution in [2.75, 3.05) is 0 Å². The zero-order chi connectivity index (χ0) is 15.1. The molecule has 1 aromatic carbocycles. The van der Waals surface area contributed by atoms with Crippen LogP contribution in [0.1, 0.15) is 12.5 Å². The molecule has 5 nitrogen and oxygen atoms in total. The van der Waals surface area contributed by atoms with Gasteiger partial charge in [0.2, 0.25) is 0 Å². The van der Waals surface area contributed by atoms with Gasteiger partial charge in [0.25, 0.3) is 5.56 Å². The molecule has 1 aromatic heterocycles. The molecule has 0 saturated carbocycles. The molecule has 1 atom stereocenters. The molecule has 0 fully saturated rings. The summed E-state index contributed by atoms with van der Waals surface area (Å²) in [5.41, 5.74) is -3.47. The fourth-order valence-electron chi connectivity index (χ4n) is 1.94. The molecule has 0 aliphatic heterocycles. The molecule has 1 unspecified atom stereocenters. The summed E-state index contributed by atoms with van der Waals surface area (Å²) >= 11 is 0. The Bertz CT molecular complexity index is 759. The molecular weight excluding hydrogens is 277 g/mol. The van der Waals surface area contributed by atoms with Crippen molar-refractivity contribution >= 4 is 10.9 Å². The number of alkyl halides is 3. The lowest BCUT2D eigenvalue weighted by Gasteiger charge is -2.12. The van der Waals surface area contributed by atoms with E-state index >= 15 is 0 Å². The number of H-pyrrole nitrogens is 1. The van der Waals surface area contributed by atoms with Crippen LogP contribution in [-0.2, 0) is 12.7 Å². The van der Waals surface area contributed by atoms with Crippen molar-refractivity contribution in [3.05, 3.63) is 44.6 Å². The Morgan fingerprint density at radius 1 is 1.35 bits per heavy atom. The Labute approximate surface area is 110 Å². The number of fused-ring (bicyclic) bond motifs is 1. The van der Waals surface area contributed by atoms with Crippen LogP contribution in [0.5, 0.6) is 0 Å². The summed E-state index contributed by atoms with van der Waals surface area (Å²) in [5.74, 6) is 0. The predicted molar refractivity (Wildman–Crippen MR) is 65.5 cm³/mol. The number of para-hydroxylation sites is 1. The van der Waals surface area contributed by atoms with Crippen LogP contribution in [0, 0.1) is 0 Å². The van der Waals surface area contributed by atoms with E-state index in [4.69, 9.17) is 0 Å². The van der Waals surface area contributed by atoms with Gasteiger partial charge in [-0.3, -0.25) is 9.36 Å². The van der Waals surface area contributed by atoms with Crippen molar-refractivity contribution in [3.63, 3.8) is 0 Å². The van der Waals surface area contributed by atoms with E-state index in [1.807, 2.05) is 0 Å². The molecule has 0 bridgehead atoms. The number of aromatic nitrogens is 2. The molecule has 1 heterocycles. The van der Waals surface area contributed by atoms with E-state index in [0.29, 0.717) is 4.57 Å². The lowest BCUT2D eigenvalue weighted by atomic mass is 10.1. The van der Waals surface area contributed by atoms with Gasteiger partial charge in [-0.2, -0.15) is 13.2 Å². The SMILES string of the molecule is CC(O)Cn1c(=O)[nH]c2c(C(F)(F)F)cccc2c1=O. The largest absolute Gasteiger partial charge is 0.418 e. The maximum atomic E-state index is 12.8. The zero-order valence-electron chi connectivity index (χ0n) is 10.4. The van der Waals surface area contributed by atoms with Gasteiger partial charge < -0.3 is 10.1 Å². The van der Waals surface area contributed by atoms with Crippen molar-refractivity contribution in [1.29, 1.82) is 0 Å². The molecule has 8 heteroatoms. The maximum absolute atomic E-state index is 12.8. The van der Waals surface area contributed by atoms with Gasteiger partial charge in [0.1, 0.15) is 0 Å². The van der Waals surface area contributed by atoms with Crippen LogP contribution in [0.2, 0.25) is 0 Å². The molecule has 0 radical (unpaired) electrons. The highest BCUT2D eigenvalue weighted by Gasteiger charge is 2.33. The highest BCUT2D eigenvalue weighted by atomic mass is 19.4. The van der Waals surface area contributed by atoms with E-state index in [9.17, 15) is 27.9 Å². The number of aliphatic hydroxyl groups excluding tert-OH is 1. The standard InChI is InChI=1S/C12H11F3N2O3/c1-6(18)5-17-10(19)7-3-2-4-8(12(13,14)15)9(7)16-11(17)20/h2-4,6,18H,5H2,1H3,(H,16,20). The summed E-state index contributed by atoms with van der Waals surface area (Å²) in [7, 11) is 0. The van der Waals surface area contributed by atoms with Crippen molar-refractivity contribution in [2.45, 2.75) is 25.7 Å². The van der Waals surface area contributed by atoms with Crippen LogP contribution in [0.25, 0.3) is 10.9 Å². The van der Waals surface area contributed by atoms with Crippen LogP contribution >= 0.6 is 0 Å². The molecule has 2 N–H and O–H groups in total. The van der Waals surface area contributed by atoms with E-state index in [0.717, 1.165) is 12.1 Å². The van der Waals surface area contributed by atoms with Gasteiger partial charge in [0, 0.05) is 0 Å². The second-order valence-corrected chi connectivity index (χ2v) is 4.42. The summed E-state index contributed by atoms with van der Waals surface area (Å²) in [6, 6.07) is 3.08.